The summed E-state index contributed by atoms with van der Waals surface area (Å²) < 4.78 is 0. The molecule has 0 spiro atoms. The van der Waals surface area contributed by atoms with E-state index in [1.807, 2.05) is 12.4 Å². The Morgan fingerprint density at radius 2 is 1.62 bits per heavy atom. The van der Waals surface area contributed by atoms with E-state index in [2.05, 4.69) is 47.6 Å². The summed E-state index contributed by atoms with van der Waals surface area (Å²) in [5.41, 5.74) is 2.66. The van der Waals surface area contributed by atoms with Gasteiger partial charge in [-0.25, -0.2) is 4.84 Å². The lowest BCUT2D eigenvalue weighted by Gasteiger charge is -2.70. The third-order valence-electron chi connectivity index (χ3n) is 13.5. The number of hydroxylamine groups is 1. The Hall–Kier alpha value is -0.910. The summed E-state index contributed by atoms with van der Waals surface area (Å²) in [5.74, 6) is 0.341. The zero-order valence-corrected chi connectivity index (χ0v) is 25.1. The topological polar surface area (TPSA) is 80.2 Å². The van der Waals surface area contributed by atoms with Gasteiger partial charge >= 0.3 is 5.97 Å². The summed E-state index contributed by atoms with van der Waals surface area (Å²) in [6.45, 7) is 16.4. The lowest BCUT2D eigenvalue weighted by molar-refractivity contribution is -0.921. The van der Waals surface area contributed by atoms with Crippen LogP contribution in [0.15, 0.2) is 11.6 Å². The van der Waals surface area contributed by atoms with E-state index in [-0.39, 0.29) is 51.3 Å². The minimum Gasteiger partial charge on any atom is -1.00 e. The van der Waals surface area contributed by atoms with E-state index in [1.54, 1.807) is 7.11 Å². The highest BCUT2D eigenvalue weighted by molar-refractivity contribution is 5.95. The smallest absolute Gasteiger partial charge is 0.309 e. The predicted octanol–water partition coefficient (Wildman–Crippen LogP) is 2.55. The zero-order chi connectivity index (χ0) is 26.5. The van der Waals surface area contributed by atoms with Crippen molar-refractivity contribution in [3.63, 3.8) is 0 Å². The van der Waals surface area contributed by atoms with Gasteiger partial charge in [-0.3, -0.25) is 9.59 Å². The van der Waals surface area contributed by atoms with Crippen molar-refractivity contribution in [2.24, 2.45) is 50.2 Å². The first-order chi connectivity index (χ1) is 16.6. The van der Waals surface area contributed by atoms with Crippen LogP contribution in [0.3, 0.4) is 0 Å². The van der Waals surface area contributed by atoms with Gasteiger partial charge < -0.3 is 17.5 Å². The van der Waals surface area contributed by atoms with E-state index in [1.165, 1.54) is 5.57 Å². The normalized spacial score (nSPS) is 50.4. The molecule has 0 aliphatic heterocycles. The van der Waals surface area contributed by atoms with E-state index >= 15 is 0 Å². The van der Waals surface area contributed by atoms with Crippen LogP contribution in [-0.4, -0.2) is 30.0 Å². The minimum absolute atomic E-state index is 0. The van der Waals surface area contributed by atoms with E-state index < -0.39 is 11.4 Å². The largest absolute Gasteiger partial charge is 1.00 e. The fourth-order valence-electron chi connectivity index (χ4n) is 10.8. The monoisotopic (exact) mass is 535 g/mol. The highest BCUT2D eigenvalue weighted by Crippen LogP contribution is 2.75. The number of allylic oxidation sites excluding steroid dienone is 2. The van der Waals surface area contributed by atoms with Crippen molar-refractivity contribution in [2.45, 2.75) is 112 Å². The van der Waals surface area contributed by atoms with E-state index in [4.69, 9.17) is 4.84 Å². The van der Waals surface area contributed by atoms with Gasteiger partial charge in [0.1, 0.15) is 6.04 Å². The van der Waals surface area contributed by atoms with Crippen molar-refractivity contribution in [2.75, 3.05) is 7.11 Å². The molecule has 3 N–H and O–H groups in total. The number of hydrogen-bond acceptors (Lipinski definition) is 3. The van der Waals surface area contributed by atoms with Crippen LogP contribution in [-0.2, 0) is 14.4 Å². The average Bonchev–Trinajstić information content (AvgIpc) is 2.78. The van der Waals surface area contributed by atoms with Gasteiger partial charge in [-0.15, -0.1) is 0 Å². The summed E-state index contributed by atoms with van der Waals surface area (Å²) in [7, 11) is 1.76. The SMILES string of the molecule is CO[NH2+][C@H]1CC[C@]2(C)[C@H]3C(=O)C=C4[C@@H]5C[C@@](C)(C(=O)O)CC[C@]5(C)CC[C@@]4(C)[C@]3(C)CC[C@H]2C1(C)C.[Cl-]. The van der Waals surface area contributed by atoms with Gasteiger partial charge in [-0.05, 0) is 97.9 Å². The first kappa shape index (κ1) is 29.1. The highest BCUT2D eigenvalue weighted by Gasteiger charge is 2.70. The number of nitrogens with two attached hydrogens (primary N) is 1. The third kappa shape index (κ3) is 3.69. The number of carbonyl (C=O) groups excluding carboxylic acids is 1. The van der Waals surface area contributed by atoms with Gasteiger partial charge in [0.15, 0.2) is 5.78 Å². The van der Waals surface area contributed by atoms with Crippen molar-refractivity contribution < 1.29 is 37.4 Å². The first-order valence-corrected chi connectivity index (χ1v) is 14.4. The Kier molecular flexibility index (Phi) is 6.91. The summed E-state index contributed by atoms with van der Waals surface area (Å²) in [6, 6.07) is 0.414. The molecule has 210 valence electrons. The molecule has 4 fully saturated rings. The number of fused-ring (bicyclic) bond motifs is 7. The van der Waals surface area contributed by atoms with Crippen LogP contribution in [0.2, 0.25) is 0 Å². The molecule has 0 aromatic heterocycles. The Labute approximate surface area is 230 Å². The number of ketones is 1. The van der Waals surface area contributed by atoms with Crippen molar-refractivity contribution in [1.82, 2.24) is 0 Å². The third-order valence-corrected chi connectivity index (χ3v) is 13.5. The maximum atomic E-state index is 14.4. The molecule has 0 bridgehead atoms. The molecule has 0 radical (unpaired) electrons. The molecule has 0 aromatic rings. The van der Waals surface area contributed by atoms with Gasteiger partial charge in [-0.1, -0.05) is 47.1 Å². The number of quaternary nitrogens is 1. The number of rotatable bonds is 3. The Morgan fingerprint density at radius 3 is 2.24 bits per heavy atom. The van der Waals surface area contributed by atoms with Crippen LogP contribution in [0.5, 0.6) is 0 Å². The molecule has 6 heteroatoms. The minimum atomic E-state index is -0.700. The maximum Gasteiger partial charge on any atom is 0.309 e. The standard InChI is InChI=1S/C31H49NO4.ClH/c1-26(2)22-9-12-31(7)24(29(22,5)11-10-23(26)32-36-8)21(33)17-19-20-18-28(4,25(34)35)14-13-27(20,3)15-16-30(19,31)6;/h17,20,22-24,32H,9-16,18H2,1-8H3,(H,34,35);1H/t20-,22-,23-,24+,27+,28-,29-,30+,31+;/m0./s1. The van der Waals surface area contributed by atoms with Crippen LogP contribution >= 0.6 is 0 Å². The van der Waals surface area contributed by atoms with Gasteiger partial charge in [0.2, 0.25) is 0 Å². The molecule has 5 aliphatic carbocycles. The number of aliphatic carboxylic acids is 1. The van der Waals surface area contributed by atoms with Crippen molar-refractivity contribution in [3.05, 3.63) is 11.6 Å². The molecule has 0 aromatic carbocycles. The Balaban J connectivity index is 0.00000320. The molecule has 5 aliphatic rings. The van der Waals surface area contributed by atoms with Crippen molar-refractivity contribution in [1.29, 1.82) is 0 Å². The maximum absolute atomic E-state index is 14.4. The molecule has 0 amide bonds. The lowest BCUT2D eigenvalue weighted by Crippen LogP contribution is -3.00. The quantitative estimate of drug-likeness (QED) is 0.544. The van der Waals surface area contributed by atoms with E-state index in [0.717, 1.165) is 51.4 Å². The first-order valence-electron chi connectivity index (χ1n) is 14.4. The summed E-state index contributed by atoms with van der Waals surface area (Å²) in [6.07, 6.45) is 11.0. The van der Waals surface area contributed by atoms with E-state index in [0.29, 0.717) is 24.2 Å². The number of carbonyl (C=O) groups is 2. The summed E-state index contributed by atoms with van der Waals surface area (Å²) in [5, 5.41) is 10.1. The molecule has 0 heterocycles. The number of carboxylic acids is 1. The summed E-state index contributed by atoms with van der Waals surface area (Å²) in [4.78, 5) is 32.2. The van der Waals surface area contributed by atoms with Gasteiger partial charge in [0.05, 0.1) is 12.5 Å². The number of halogens is 1. The second-order valence-electron chi connectivity index (χ2n) is 15.4. The average molecular weight is 536 g/mol. The Bertz CT molecular complexity index is 1010. The molecular weight excluding hydrogens is 486 g/mol. The van der Waals surface area contributed by atoms with Gasteiger partial charge in [0.25, 0.3) is 0 Å². The van der Waals surface area contributed by atoms with Crippen LogP contribution in [0.4, 0.5) is 0 Å². The molecule has 5 rings (SSSR count). The number of carboxylic acid groups (broad SMARTS) is 1. The second-order valence-corrected chi connectivity index (χ2v) is 15.4. The molecule has 9 atom stereocenters. The summed E-state index contributed by atoms with van der Waals surface area (Å²) >= 11 is 0. The molecule has 37 heavy (non-hydrogen) atoms. The number of hydrogen-bond donors (Lipinski definition) is 2. The molecular formula is C31H50ClNO4. The fourth-order valence-corrected chi connectivity index (χ4v) is 10.8. The molecule has 5 nitrogen and oxygen atoms in total. The van der Waals surface area contributed by atoms with Crippen molar-refractivity contribution in [3.8, 4) is 0 Å². The van der Waals surface area contributed by atoms with Gasteiger partial charge in [0, 0.05) is 17.8 Å². The van der Waals surface area contributed by atoms with Crippen LogP contribution in [0.1, 0.15) is 106 Å². The van der Waals surface area contributed by atoms with Crippen LogP contribution in [0, 0.1) is 50.2 Å². The van der Waals surface area contributed by atoms with Crippen LogP contribution in [0.25, 0.3) is 0 Å². The van der Waals surface area contributed by atoms with Crippen molar-refractivity contribution >= 4 is 11.8 Å². The molecule has 0 saturated heterocycles. The highest BCUT2D eigenvalue weighted by atomic mass is 35.5. The Morgan fingerprint density at radius 1 is 0.973 bits per heavy atom. The molecule has 4 saturated carbocycles. The lowest BCUT2D eigenvalue weighted by atomic mass is 9.33. The van der Waals surface area contributed by atoms with E-state index in [9.17, 15) is 14.7 Å². The molecule has 0 unspecified atom stereocenters. The fraction of sp³-hybridized carbons (Fsp3) is 0.871. The van der Waals surface area contributed by atoms with Crippen LogP contribution < -0.4 is 17.9 Å². The zero-order valence-electron chi connectivity index (χ0n) is 24.4. The predicted molar refractivity (Wildman–Crippen MR) is 140 cm³/mol. The second kappa shape index (κ2) is 8.80. The van der Waals surface area contributed by atoms with Gasteiger partial charge in [-0.2, -0.15) is 5.48 Å².